The lowest BCUT2D eigenvalue weighted by molar-refractivity contribution is 1.38. The van der Waals surface area contributed by atoms with E-state index in [2.05, 4.69) is 16.8 Å². The Kier molecular flexibility index (Phi) is 6.89. The molecule has 0 spiro atoms. The summed E-state index contributed by atoms with van der Waals surface area (Å²) in [6.07, 6.45) is 8.62. The molecule has 0 fully saturated rings. The highest BCUT2D eigenvalue weighted by Gasteiger charge is 1.92. The predicted octanol–water partition coefficient (Wildman–Crippen LogP) is 2.40. The molecule has 2 heteroatoms. The maximum atomic E-state index is 5.25. The smallest absolute Gasteiger partial charge is 0.0305 e. The average molecular weight is 188 g/mol. The maximum absolute atomic E-state index is 5.25. The lowest BCUT2D eigenvalue weighted by Gasteiger charge is -1.96. The van der Waals surface area contributed by atoms with Crippen LogP contribution in [0.15, 0.2) is 40.7 Å². The minimum absolute atomic E-state index is 0.930. The molecule has 0 heterocycles. The van der Waals surface area contributed by atoms with Crippen molar-refractivity contribution in [1.82, 2.24) is 0 Å². The Morgan fingerprint density at radius 2 is 2.14 bits per heavy atom. The molecule has 0 unspecified atom stereocenters. The lowest BCUT2D eigenvalue weighted by atomic mass is 10.1. The van der Waals surface area contributed by atoms with Crippen LogP contribution in [0.5, 0.6) is 0 Å². The van der Waals surface area contributed by atoms with Crippen molar-refractivity contribution in [3.63, 3.8) is 0 Å². The number of allylic oxidation sites excluding steroid dienone is 4. The largest absolute Gasteiger partial charge is 0.405 e. The normalized spacial score (nSPS) is 13.4. The first-order valence-electron chi connectivity index (χ1n) is 4.42. The number of nitrogens with two attached hydrogens (primary N) is 1. The predicted molar refractivity (Wildman–Crippen MR) is 62.8 cm³/mol. The number of aliphatic imine (C=N–C) groups is 1. The topological polar surface area (TPSA) is 38.4 Å². The van der Waals surface area contributed by atoms with Crippen molar-refractivity contribution in [2.45, 2.75) is 20.8 Å². The van der Waals surface area contributed by atoms with Crippen LogP contribution in [0.4, 0.5) is 0 Å². The summed E-state index contributed by atoms with van der Waals surface area (Å²) >= 11 is 0. The summed E-state index contributed by atoms with van der Waals surface area (Å²) < 4.78 is 0. The molecule has 0 aliphatic carbocycles. The Bertz CT molecular complexity index is 333. The molecular formula is C12H16N2. The van der Waals surface area contributed by atoms with Crippen LogP contribution in [0.25, 0.3) is 0 Å². The van der Waals surface area contributed by atoms with Crippen LogP contribution < -0.4 is 5.73 Å². The molecule has 14 heavy (non-hydrogen) atoms. The molecule has 0 radical (unpaired) electrons. The van der Waals surface area contributed by atoms with Gasteiger partial charge in [0.25, 0.3) is 0 Å². The Hall–Kier alpha value is -1.75. The van der Waals surface area contributed by atoms with Gasteiger partial charge < -0.3 is 5.73 Å². The Balaban J connectivity index is 4.89. The van der Waals surface area contributed by atoms with Crippen LogP contribution in [-0.4, -0.2) is 6.21 Å². The van der Waals surface area contributed by atoms with Crippen LogP contribution in [0.1, 0.15) is 20.8 Å². The Labute approximate surface area is 85.9 Å². The first kappa shape index (κ1) is 12.2. The highest BCUT2D eigenvalue weighted by Crippen LogP contribution is 2.08. The van der Waals surface area contributed by atoms with E-state index < -0.39 is 0 Å². The second-order valence-electron chi connectivity index (χ2n) is 2.56. The minimum Gasteiger partial charge on any atom is -0.405 e. The van der Waals surface area contributed by atoms with Crippen molar-refractivity contribution in [2.24, 2.45) is 10.7 Å². The molecule has 0 aliphatic rings. The summed E-state index contributed by atoms with van der Waals surface area (Å²) in [4.78, 5) is 4.03. The van der Waals surface area contributed by atoms with Crippen molar-refractivity contribution >= 4 is 6.21 Å². The zero-order chi connectivity index (χ0) is 10.8. The van der Waals surface area contributed by atoms with Gasteiger partial charge in [0.2, 0.25) is 0 Å². The van der Waals surface area contributed by atoms with Crippen molar-refractivity contribution in [1.29, 1.82) is 0 Å². The second-order valence-corrected chi connectivity index (χ2v) is 2.56. The monoisotopic (exact) mass is 188 g/mol. The van der Waals surface area contributed by atoms with E-state index in [1.807, 2.05) is 19.9 Å². The van der Waals surface area contributed by atoms with Crippen LogP contribution in [0, 0.1) is 11.8 Å². The first-order valence-corrected chi connectivity index (χ1v) is 4.42. The molecular weight excluding hydrogens is 172 g/mol. The van der Waals surface area contributed by atoms with Gasteiger partial charge in [-0.3, -0.25) is 4.99 Å². The van der Waals surface area contributed by atoms with Crippen molar-refractivity contribution in [2.75, 3.05) is 0 Å². The zero-order valence-electron chi connectivity index (χ0n) is 8.91. The summed E-state index contributed by atoms with van der Waals surface area (Å²) in [7, 11) is 0. The van der Waals surface area contributed by atoms with E-state index in [1.165, 1.54) is 6.20 Å². The standard InChI is InChI=1S/C12H16N2/c1-4-7-12(8-6-9-13)11(3)10-14-5-2/h5-6,8-10H,13H2,1-3H3/b9-6-,11-10+,12-8-,14-5?. The van der Waals surface area contributed by atoms with Crippen LogP contribution in [-0.2, 0) is 0 Å². The van der Waals surface area contributed by atoms with Crippen molar-refractivity contribution in [3.05, 3.63) is 35.7 Å². The molecule has 0 aromatic rings. The van der Waals surface area contributed by atoms with E-state index in [0.29, 0.717) is 0 Å². The Morgan fingerprint density at radius 3 is 2.64 bits per heavy atom. The molecule has 0 atom stereocenters. The summed E-state index contributed by atoms with van der Waals surface area (Å²) in [6, 6.07) is 0. The number of hydrogen-bond acceptors (Lipinski definition) is 2. The Morgan fingerprint density at radius 1 is 1.43 bits per heavy atom. The van der Waals surface area contributed by atoms with E-state index >= 15 is 0 Å². The number of nitrogens with zero attached hydrogens (tertiary/aromatic N) is 1. The molecule has 74 valence electrons. The fraction of sp³-hybridized carbons (Fsp3) is 0.250. The molecule has 0 amide bonds. The summed E-state index contributed by atoms with van der Waals surface area (Å²) in [5.41, 5.74) is 7.20. The highest BCUT2D eigenvalue weighted by atomic mass is 14.7. The van der Waals surface area contributed by atoms with Gasteiger partial charge in [0.05, 0.1) is 0 Å². The fourth-order valence-electron chi connectivity index (χ4n) is 0.814. The SMILES string of the molecule is CC#CC(=C/C=C\N)/C(C)=C/N=CC. The maximum Gasteiger partial charge on any atom is 0.0305 e. The molecule has 0 bridgehead atoms. The number of rotatable bonds is 3. The lowest BCUT2D eigenvalue weighted by Crippen LogP contribution is -1.82. The fourth-order valence-corrected chi connectivity index (χ4v) is 0.814. The van der Waals surface area contributed by atoms with E-state index in [4.69, 9.17) is 5.73 Å². The molecule has 0 aromatic carbocycles. The van der Waals surface area contributed by atoms with Crippen molar-refractivity contribution in [3.8, 4) is 11.8 Å². The summed E-state index contributed by atoms with van der Waals surface area (Å²) in [5, 5.41) is 0. The molecule has 2 nitrogen and oxygen atoms in total. The average Bonchev–Trinajstić information content (AvgIpc) is 2.20. The minimum atomic E-state index is 0.930. The molecule has 0 aromatic heterocycles. The zero-order valence-corrected chi connectivity index (χ0v) is 8.91. The highest BCUT2D eigenvalue weighted by molar-refractivity contribution is 5.55. The first-order chi connectivity index (χ1) is 6.76. The van der Waals surface area contributed by atoms with Gasteiger partial charge in [-0.05, 0) is 44.7 Å². The van der Waals surface area contributed by atoms with Crippen LogP contribution in [0.2, 0.25) is 0 Å². The van der Waals surface area contributed by atoms with Crippen LogP contribution in [0.3, 0.4) is 0 Å². The molecule has 0 saturated heterocycles. The third-order valence-corrected chi connectivity index (χ3v) is 1.48. The number of hydrogen-bond donors (Lipinski definition) is 1. The third kappa shape index (κ3) is 5.00. The van der Waals surface area contributed by atoms with Crippen molar-refractivity contribution < 1.29 is 0 Å². The van der Waals surface area contributed by atoms with Gasteiger partial charge in [0.1, 0.15) is 0 Å². The molecule has 0 rings (SSSR count). The molecule has 0 aliphatic heterocycles. The summed E-state index contributed by atoms with van der Waals surface area (Å²) in [6.45, 7) is 5.64. The van der Waals surface area contributed by atoms with Gasteiger partial charge in [0.15, 0.2) is 0 Å². The molecule has 0 saturated carbocycles. The van der Waals surface area contributed by atoms with E-state index in [-0.39, 0.29) is 0 Å². The van der Waals surface area contributed by atoms with Gasteiger partial charge >= 0.3 is 0 Å². The quantitative estimate of drug-likeness (QED) is 0.412. The van der Waals surface area contributed by atoms with Gasteiger partial charge in [0, 0.05) is 18.0 Å². The van der Waals surface area contributed by atoms with E-state index in [0.717, 1.165) is 11.1 Å². The van der Waals surface area contributed by atoms with Crippen LogP contribution >= 0.6 is 0 Å². The van der Waals surface area contributed by atoms with Gasteiger partial charge in [-0.15, -0.1) is 5.92 Å². The van der Waals surface area contributed by atoms with E-state index in [1.54, 1.807) is 25.4 Å². The van der Waals surface area contributed by atoms with Gasteiger partial charge in [-0.25, -0.2) is 0 Å². The summed E-state index contributed by atoms with van der Waals surface area (Å²) in [5.74, 6) is 5.84. The van der Waals surface area contributed by atoms with Gasteiger partial charge in [-0.1, -0.05) is 5.92 Å². The van der Waals surface area contributed by atoms with Gasteiger partial charge in [-0.2, -0.15) is 0 Å². The van der Waals surface area contributed by atoms with E-state index in [9.17, 15) is 0 Å². The third-order valence-electron chi connectivity index (χ3n) is 1.48. The second kappa shape index (κ2) is 7.88. The molecule has 2 N–H and O–H groups in total.